The van der Waals surface area contributed by atoms with Crippen LogP contribution < -0.4 is 11.1 Å². The molecule has 3 rings (SSSR count). The number of carbonyl (C=O) groups excluding carboxylic acids is 2. The molecule has 0 radical (unpaired) electrons. The molecule has 148 valence electrons. The molecule has 28 heavy (non-hydrogen) atoms. The van der Waals surface area contributed by atoms with Gasteiger partial charge < -0.3 is 11.1 Å². The number of carbonyl (C=O) groups is 2. The van der Waals surface area contributed by atoms with Gasteiger partial charge in [-0.1, -0.05) is 32.9 Å². The first-order valence-electron chi connectivity index (χ1n) is 9.34. The number of rotatable bonds is 4. The van der Waals surface area contributed by atoms with Crippen molar-refractivity contribution in [3.05, 3.63) is 57.7 Å². The molecule has 1 aromatic carbocycles. The van der Waals surface area contributed by atoms with E-state index in [-0.39, 0.29) is 17.1 Å². The minimum Gasteiger partial charge on any atom is -0.365 e. The van der Waals surface area contributed by atoms with Gasteiger partial charge in [0.25, 0.3) is 5.91 Å². The molecule has 3 N–H and O–H groups in total. The standard InChI is InChI=1S/C22H25FN2O2S/c1-22(2,3)14-7-10-16-17(12-14)28-21(19(16)20(24)27)25-18(26)11-6-13-4-8-15(23)9-5-13/h4-6,8-9,11,14H,7,10,12H2,1-3H3,(H2,24,27)(H,25,26). The van der Waals surface area contributed by atoms with Gasteiger partial charge in [0.2, 0.25) is 5.91 Å². The van der Waals surface area contributed by atoms with Crippen LogP contribution in [0.1, 0.15) is 53.6 Å². The lowest BCUT2D eigenvalue weighted by atomic mass is 9.72. The number of amides is 2. The van der Waals surface area contributed by atoms with Crippen LogP contribution in [0, 0.1) is 17.2 Å². The Kier molecular flexibility index (Phi) is 5.70. The second-order valence-electron chi connectivity index (χ2n) is 8.25. The third kappa shape index (κ3) is 4.50. The molecule has 6 heteroatoms. The summed E-state index contributed by atoms with van der Waals surface area (Å²) in [5.41, 5.74) is 7.95. The molecule has 1 heterocycles. The Bertz CT molecular complexity index is 923. The highest BCUT2D eigenvalue weighted by Crippen LogP contribution is 2.44. The highest BCUT2D eigenvalue weighted by atomic mass is 32.1. The number of nitrogens with one attached hydrogen (secondary N) is 1. The number of primary amides is 1. The molecule has 1 aliphatic carbocycles. The van der Waals surface area contributed by atoms with E-state index in [0.717, 1.165) is 29.7 Å². The second kappa shape index (κ2) is 7.87. The quantitative estimate of drug-likeness (QED) is 0.725. The molecular weight excluding hydrogens is 375 g/mol. The minimum atomic E-state index is -0.510. The Morgan fingerprint density at radius 2 is 1.93 bits per heavy atom. The van der Waals surface area contributed by atoms with Crippen molar-refractivity contribution in [1.29, 1.82) is 0 Å². The lowest BCUT2D eigenvalue weighted by Crippen LogP contribution is -2.27. The van der Waals surface area contributed by atoms with E-state index in [9.17, 15) is 14.0 Å². The molecule has 4 nitrogen and oxygen atoms in total. The van der Waals surface area contributed by atoms with Gasteiger partial charge in [-0.2, -0.15) is 0 Å². The summed E-state index contributed by atoms with van der Waals surface area (Å²) < 4.78 is 13.0. The van der Waals surface area contributed by atoms with Crippen molar-refractivity contribution in [2.75, 3.05) is 5.32 Å². The third-order valence-electron chi connectivity index (χ3n) is 5.27. The zero-order valence-electron chi connectivity index (χ0n) is 16.3. The number of benzene rings is 1. The van der Waals surface area contributed by atoms with Crippen LogP contribution in [0.2, 0.25) is 0 Å². The van der Waals surface area contributed by atoms with Crippen molar-refractivity contribution in [3.63, 3.8) is 0 Å². The monoisotopic (exact) mass is 400 g/mol. The van der Waals surface area contributed by atoms with Gasteiger partial charge in [0.1, 0.15) is 10.8 Å². The maximum absolute atomic E-state index is 13.0. The van der Waals surface area contributed by atoms with Gasteiger partial charge in [-0.3, -0.25) is 9.59 Å². The van der Waals surface area contributed by atoms with E-state index in [1.807, 2.05) is 0 Å². The van der Waals surface area contributed by atoms with E-state index in [1.165, 1.54) is 29.5 Å². The molecule has 0 spiro atoms. The third-order valence-corrected chi connectivity index (χ3v) is 6.44. The molecule has 0 aliphatic heterocycles. The SMILES string of the molecule is CC(C)(C)C1CCc2c(sc(NC(=O)C=Cc3ccc(F)cc3)c2C(N)=O)C1. The van der Waals surface area contributed by atoms with Crippen molar-refractivity contribution in [2.45, 2.75) is 40.0 Å². The van der Waals surface area contributed by atoms with Crippen molar-refractivity contribution in [3.8, 4) is 0 Å². The Morgan fingerprint density at radius 3 is 2.54 bits per heavy atom. The summed E-state index contributed by atoms with van der Waals surface area (Å²) in [6.07, 6.45) is 5.67. The van der Waals surface area contributed by atoms with E-state index < -0.39 is 5.91 Å². The van der Waals surface area contributed by atoms with Crippen molar-refractivity contribution in [1.82, 2.24) is 0 Å². The van der Waals surface area contributed by atoms with Gasteiger partial charge in [-0.05, 0) is 59.9 Å². The number of thiophene rings is 1. The fraction of sp³-hybridized carbons (Fsp3) is 0.364. The predicted molar refractivity (Wildman–Crippen MR) is 112 cm³/mol. The fourth-order valence-electron chi connectivity index (χ4n) is 3.57. The minimum absolute atomic E-state index is 0.190. The van der Waals surface area contributed by atoms with Gasteiger partial charge in [0.05, 0.1) is 5.56 Å². The molecule has 1 aromatic heterocycles. The summed E-state index contributed by atoms with van der Waals surface area (Å²) in [6.45, 7) is 6.69. The molecule has 0 fully saturated rings. The average Bonchev–Trinajstić information content (AvgIpc) is 2.97. The molecule has 2 amide bonds. The number of anilines is 1. The molecule has 1 atom stereocenters. The summed E-state index contributed by atoms with van der Waals surface area (Å²) in [5, 5.41) is 3.32. The van der Waals surface area contributed by atoms with Gasteiger partial charge in [0, 0.05) is 11.0 Å². The van der Waals surface area contributed by atoms with E-state index in [1.54, 1.807) is 18.2 Å². The van der Waals surface area contributed by atoms with E-state index in [4.69, 9.17) is 5.73 Å². The van der Waals surface area contributed by atoms with E-state index >= 15 is 0 Å². The lowest BCUT2D eigenvalue weighted by Gasteiger charge is -2.33. The maximum Gasteiger partial charge on any atom is 0.251 e. The Balaban J connectivity index is 1.80. The predicted octanol–water partition coefficient (Wildman–Crippen LogP) is 4.79. The Labute approximate surface area is 168 Å². The topological polar surface area (TPSA) is 72.2 Å². The van der Waals surface area contributed by atoms with Crippen molar-refractivity contribution < 1.29 is 14.0 Å². The summed E-state index contributed by atoms with van der Waals surface area (Å²) in [4.78, 5) is 25.5. The first-order valence-corrected chi connectivity index (χ1v) is 10.2. The number of fused-ring (bicyclic) bond motifs is 1. The fourth-order valence-corrected chi connectivity index (χ4v) is 4.91. The normalized spacial score (nSPS) is 16.8. The van der Waals surface area contributed by atoms with Gasteiger partial charge in [-0.15, -0.1) is 11.3 Å². The van der Waals surface area contributed by atoms with Gasteiger partial charge in [0.15, 0.2) is 0 Å². The number of nitrogens with two attached hydrogens (primary N) is 1. The van der Waals surface area contributed by atoms with Crippen molar-refractivity contribution >= 4 is 34.2 Å². The van der Waals surface area contributed by atoms with Crippen LogP contribution >= 0.6 is 11.3 Å². The van der Waals surface area contributed by atoms with E-state index in [0.29, 0.717) is 22.0 Å². The maximum atomic E-state index is 13.0. The van der Waals surface area contributed by atoms with Crippen LogP contribution in [0.3, 0.4) is 0 Å². The highest BCUT2D eigenvalue weighted by Gasteiger charge is 2.33. The van der Waals surface area contributed by atoms with Gasteiger partial charge in [-0.25, -0.2) is 4.39 Å². The van der Waals surface area contributed by atoms with E-state index in [2.05, 4.69) is 26.1 Å². The zero-order valence-corrected chi connectivity index (χ0v) is 17.2. The first kappa shape index (κ1) is 20.3. The molecule has 1 aliphatic rings. The summed E-state index contributed by atoms with van der Waals surface area (Å²) >= 11 is 1.45. The molecule has 2 aromatic rings. The summed E-state index contributed by atoms with van der Waals surface area (Å²) in [6, 6.07) is 5.85. The van der Waals surface area contributed by atoms with Crippen LogP contribution in [-0.4, -0.2) is 11.8 Å². The molecule has 0 saturated carbocycles. The second-order valence-corrected chi connectivity index (χ2v) is 9.36. The molecule has 1 unspecified atom stereocenters. The summed E-state index contributed by atoms with van der Waals surface area (Å²) in [5.74, 6) is -0.658. The average molecular weight is 401 g/mol. The van der Waals surface area contributed by atoms with Crippen LogP contribution in [0.25, 0.3) is 6.08 Å². The smallest absolute Gasteiger partial charge is 0.251 e. The highest BCUT2D eigenvalue weighted by molar-refractivity contribution is 7.17. The molecular formula is C22H25FN2O2S. The Morgan fingerprint density at radius 1 is 1.25 bits per heavy atom. The van der Waals surface area contributed by atoms with Gasteiger partial charge >= 0.3 is 0 Å². The number of halogens is 1. The first-order chi connectivity index (χ1) is 13.1. The number of hydrogen-bond acceptors (Lipinski definition) is 3. The largest absolute Gasteiger partial charge is 0.365 e. The number of hydrogen-bond donors (Lipinski definition) is 2. The Hall–Kier alpha value is -2.47. The van der Waals surface area contributed by atoms with Crippen molar-refractivity contribution in [2.24, 2.45) is 17.1 Å². The molecule has 0 saturated heterocycles. The summed E-state index contributed by atoms with van der Waals surface area (Å²) in [7, 11) is 0. The van der Waals surface area contributed by atoms with Crippen LogP contribution in [0.4, 0.5) is 9.39 Å². The van der Waals surface area contributed by atoms with Crippen LogP contribution in [-0.2, 0) is 17.6 Å². The lowest BCUT2D eigenvalue weighted by molar-refractivity contribution is -0.111. The van der Waals surface area contributed by atoms with Crippen LogP contribution in [0.5, 0.6) is 0 Å². The zero-order chi connectivity index (χ0) is 20.5. The molecule has 0 bridgehead atoms. The van der Waals surface area contributed by atoms with Crippen LogP contribution in [0.15, 0.2) is 30.3 Å².